The lowest BCUT2D eigenvalue weighted by atomic mass is 9.98. The summed E-state index contributed by atoms with van der Waals surface area (Å²) < 4.78 is 1.35. The summed E-state index contributed by atoms with van der Waals surface area (Å²) in [6, 6.07) is 26.3. The second-order valence-corrected chi connectivity index (χ2v) is 7.23. The highest BCUT2D eigenvalue weighted by Crippen LogP contribution is 2.25. The fourth-order valence-electron chi connectivity index (χ4n) is 3.73. The molecule has 150 valence electrons. The van der Waals surface area contributed by atoms with Gasteiger partial charge in [-0.25, -0.2) is 0 Å². The van der Waals surface area contributed by atoms with Crippen molar-refractivity contribution < 1.29 is 9.90 Å². The SMILES string of the molecule is Cn1c(=O)c(O)c(C(=O)NC(Cc2ccccc2)c2ccccc2)c2ccccc21. The molecule has 5 heteroatoms. The Morgan fingerprint density at radius 3 is 2.23 bits per heavy atom. The Labute approximate surface area is 174 Å². The lowest BCUT2D eigenvalue weighted by molar-refractivity contribution is 0.0935. The number of aromatic hydroxyl groups is 1. The van der Waals surface area contributed by atoms with Crippen molar-refractivity contribution in [2.24, 2.45) is 7.05 Å². The molecule has 5 nitrogen and oxygen atoms in total. The monoisotopic (exact) mass is 398 g/mol. The second kappa shape index (κ2) is 8.25. The van der Waals surface area contributed by atoms with Gasteiger partial charge >= 0.3 is 0 Å². The Morgan fingerprint density at radius 1 is 0.933 bits per heavy atom. The van der Waals surface area contributed by atoms with E-state index in [1.807, 2.05) is 60.7 Å². The third-order valence-electron chi connectivity index (χ3n) is 5.30. The predicted molar refractivity (Wildman–Crippen MR) is 118 cm³/mol. The van der Waals surface area contributed by atoms with E-state index < -0.39 is 17.2 Å². The van der Waals surface area contributed by atoms with E-state index in [0.29, 0.717) is 17.3 Å². The molecule has 3 aromatic carbocycles. The van der Waals surface area contributed by atoms with Crippen molar-refractivity contribution in [1.82, 2.24) is 9.88 Å². The summed E-state index contributed by atoms with van der Waals surface area (Å²) in [7, 11) is 1.58. The predicted octanol–water partition coefficient (Wildman–Crippen LogP) is 3.96. The second-order valence-electron chi connectivity index (χ2n) is 7.23. The first-order valence-electron chi connectivity index (χ1n) is 9.76. The number of nitrogens with zero attached hydrogens (tertiary/aromatic N) is 1. The van der Waals surface area contributed by atoms with Crippen LogP contribution in [-0.4, -0.2) is 15.6 Å². The van der Waals surface area contributed by atoms with Crippen LogP contribution >= 0.6 is 0 Å². The number of aromatic nitrogens is 1. The van der Waals surface area contributed by atoms with Gasteiger partial charge in [0.05, 0.1) is 17.1 Å². The van der Waals surface area contributed by atoms with E-state index in [1.54, 1.807) is 31.3 Å². The molecule has 30 heavy (non-hydrogen) atoms. The molecule has 1 atom stereocenters. The van der Waals surface area contributed by atoms with Crippen molar-refractivity contribution in [3.05, 3.63) is 112 Å². The third kappa shape index (κ3) is 3.70. The zero-order chi connectivity index (χ0) is 21.1. The van der Waals surface area contributed by atoms with Gasteiger partial charge in [0.15, 0.2) is 5.75 Å². The van der Waals surface area contributed by atoms with Crippen LogP contribution in [0.25, 0.3) is 10.9 Å². The van der Waals surface area contributed by atoms with Gasteiger partial charge in [-0.15, -0.1) is 0 Å². The van der Waals surface area contributed by atoms with E-state index in [1.165, 1.54) is 4.57 Å². The first kappa shape index (κ1) is 19.5. The Kier molecular flexibility index (Phi) is 5.35. The summed E-state index contributed by atoms with van der Waals surface area (Å²) in [5, 5.41) is 14.1. The Balaban J connectivity index is 1.76. The van der Waals surface area contributed by atoms with Gasteiger partial charge in [0.25, 0.3) is 11.5 Å². The van der Waals surface area contributed by atoms with Gasteiger partial charge in [-0.3, -0.25) is 9.59 Å². The molecule has 1 aromatic heterocycles. The molecule has 0 aliphatic rings. The molecular weight excluding hydrogens is 376 g/mol. The quantitative estimate of drug-likeness (QED) is 0.535. The molecule has 2 N–H and O–H groups in total. The number of hydrogen-bond donors (Lipinski definition) is 2. The van der Waals surface area contributed by atoms with Gasteiger partial charge in [-0.05, 0) is 23.6 Å². The highest BCUT2D eigenvalue weighted by molar-refractivity contribution is 6.08. The van der Waals surface area contributed by atoms with Crippen LogP contribution < -0.4 is 10.9 Å². The fraction of sp³-hybridized carbons (Fsp3) is 0.120. The van der Waals surface area contributed by atoms with Crippen LogP contribution in [0.1, 0.15) is 27.5 Å². The average molecular weight is 398 g/mol. The van der Waals surface area contributed by atoms with Crippen molar-refractivity contribution in [2.75, 3.05) is 0 Å². The van der Waals surface area contributed by atoms with Gasteiger partial charge in [-0.2, -0.15) is 0 Å². The summed E-state index contributed by atoms with van der Waals surface area (Å²) in [6.45, 7) is 0. The van der Waals surface area contributed by atoms with E-state index in [2.05, 4.69) is 5.32 Å². The van der Waals surface area contributed by atoms with Crippen molar-refractivity contribution in [2.45, 2.75) is 12.5 Å². The van der Waals surface area contributed by atoms with Crippen LogP contribution in [0.3, 0.4) is 0 Å². The normalized spacial score (nSPS) is 11.9. The van der Waals surface area contributed by atoms with E-state index in [-0.39, 0.29) is 11.6 Å². The summed E-state index contributed by atoms with van der Waals surface area (Å²) in [5.74, 6) is -1.02. The zero-order valence-electron chi connectivity index (χ0n) is 16.6. The van der Waals surface area contributed by atoms with Gasteiger partial charge in [0, 0.05) is 12.4 Å². The highest BCUT2D eigenvalue weighted by Gasteiger charge is 2.23. The van der Waals surface area contributed by atoms with E-state index in [9.17, 15) is 14.7 Å². The van der Waals surface area contributed by atoms with Gasteiger partial charge < -0.3 is 15.0 Å². The largest absolute Gasteiger partial charge is 0.502 e. The van der Waals surface area contributed by atoms with Crippen LogP contribution in [0.5, 0.6) is 5.75 Å². The molecule has 0 saturated carbocycles. The van der Waals surface area contributed by atoms with Gasteiger partial charge in [0.2, 0.25) is 0 Å². The average Bonchev–Trinajstić information content (AvgIpc) is 2.78. The maximum Gasteiger partial charge on any atom is 0.293 e. The van der Waals surface area contributed by atoms with Crippen LogP contribution in [0, 0.1) is 0 Å². The minimum Gasteiger partial charge on any atom is -0.502 e. The molecule has 0 fully saturated rings. The van der Waals surface area contributed by atoms with Crippen molar-refractivity contribution in [3.8, 4) is 5.75 Å². The molecular formula is C25H22N2O3. The number of nitrogens with one attached hydrogen (secondary N) is 1. The van der Waals surface area contributed by atoms with E-state index >= 15 is 0 Å². The molecule has 0 radical (unpaired) electrons. The summed E-state index contributed by atoms with van der Waals surface area (Å²) in [4.78, 5) is 25.8. The summed E-state index contributed by atoms with van der Waals surface area (Å²) in [5.41, 5.74) is 2.01. The van der Waals surface area contributed by atoms with Crippen LogP contribution in [0.15, 0.2) is 89.7 Å². The summed E-state index contributed by atoms with van der Waals surface area (Å²) >= 11 is 0. The number of benzene rings is 3. The van der Waals surface area contributed by atoms with Gasteiger partial charge in [-0.1, -0.05) is 78.9 Å². The number of carbonyl (C=O) groups excluding carboxylic acids is 1. The third-order valence-corrected chi connectivity index (χ3v) is 5.30. The van der Waals surface area contributed by atoms with Gasteiger partial charge in [0.1, 0.15) is 0 Å². The number of rotatable bonds is 5. The maximum absolute atomic E-state index is 13.3. The number of fused-ring (bicyclic) bond motifs is 1. The lowest BCUT2D eigenvalue weighted by Gasteiger charge is -2.21. The molecule has 0 aliphatic carbocycles. The highest BCUT2D eigenvalue weighted by atomic mass is 16.3. The number of hydrogen-bond acceptors (Lipinski definition) is 3. The first-order chi connectivity index (χ1) is 14.6. The maximum atomic E-state index is 13.3. The standard InChI is InChI=1S/C25H22N2O3/c1-27-21-15-9-8-14-19(21)22(23(28)25(27)30)24(29)26-20(18-12-6-3-7-13-18)16-17-10-4-2-5-11-17/h2-15,20,28H,16H2,1H3,(H,26,29). The number of pyridine rings is 1. The van der Waals surface area contributed by atoms with Crippen molar-refractivity contribution in [1.29, 1.82) is 0 Å². The summed E-state index contributed by atoms with van der Waals surface area (Å²) in [6.07, 6.45) is 0.583. The molecule has 1 heterocycles. The number of para-hydroxylation sites is 1. The molecule has 0 bridgehead atoms. The molecule has 1 unspecified atom stereocenters. The minimum absolute atomic E-state index is 0.00249. The van der Waals surface area contributed by atoms with Crippen molar-refractivity contribution >= 4 is 16.8 Å². The Hall–Kier alpha value is -3.86. The number of amides is 1. The van der Waals surface area contributed by atoms with Crippen molar-refractivity contribution in [3.63, 3.8) is 0 Å². The topological polar surface area (TPSA) is 71.3 Å². The smallest absolute Gasteiger partial charge is 0.293 e. The Bertz CT molecular complexity index is 1250. The first-order valence-corrected chi connectivity index (χ1v) is 9.76. The van der Waals surface area contributed by atoms with Crippen LogP contribution in [0.4, 0.5) is 0 Å². The fourth-order valence-corrected chi connectivity index (χ4v) is 3.73. The van der Waals surface area contributed by atoms with E-state index in [4.69, 9.17) is 0 Å². The molecule has 4 aromatic rings. The lowest BCUT2D eigenvalue weighted by Crippen LogP contribution is -2.32. The van der Waals surface area contributed by atoms with E-state index in [0.717, 1.165) is 11.1 Å². The molecule has 4 rings (SSSR count). The molecule has 0 spiro atoms. The number of aryl methyl sites for hydroxylation is 1. The number of carbonyl (C=O) groups is 1. The molecule has 1 amide bonds. The molecule has 0 aliphatic heterocycles. The van der Waals surface area contributed by atoms with Crippen LogP contribution in [-0.2, 0) is 13.5 Å². The minimum atomic E-state index is -0.599. The van der Waals surface area contributed by atoms with Crippen LogP contribution in [0.2, 0.25) is 0 Å². The Morgan fingerprint density at radius 2 is 1.53 bits per heavy atom. The molecule has 0 saturated heterocycles. The zero-order valence-corrected chi connectivity index (χ0v) is 16.6.